The van der Waals surface area contributed by atoms with Gasteiger partial charge in [0.05, 0.1) is 38.2 Å². The topological polar surface area (TPSA) is 295 Å². The molecule has 338 valence electrons. The molecule has 0 aromatic heterocycles. The molecule has 0 aliphatic carbocycles. The molecule has 3 heterocycles. The van der Waals surface area contributed by atoms with Gasteiger partial charge in [-0.15, -0.1) is 5.11 Å². The van der Waals surface area contributed by atoms with Crippen LogP contribution in [0.25, 0.3) is 0 Å². The van der Waals surface area contributed by atoms with E-state index < -0.39 is 18.0 Å². The van der Waals surface area contributed by atoms with E-state index in [1.807, 2.05) is 58.0 Å². The normalized spacial score (nSPS) is 16.8. The Balaban J connectivity index is -0.000000812. The van der Waals surface area contributed by atoms with Crippen molar-refractivity contribution in [2.45, 2.75) is 65.2 Å². The zero-order chi connectivity index (χ0) is 44.9. The van der Waals surface area contributed by atoms with Crippen LogP contribution in [0.15, 0.2) is 99.8 Å². The van der Waals surface area contributed by atoms with Gasteiger partial charge in [0.2, 0.25) is 0 Å². The van der Waals surface area contributed by atoms with Crippen LogP contribution in [0.3, 0.4) is 0 Å². The van der Waals surface area contributed by atoms with Crippen LogP contribution in [0.1, 0.15) is 46.1 Å². The molecular weight excluding hydrogens is 1020 g/mol. The Bertz CT molecular complexity index is 1810. The summed E-state index contributed by atoms with van der Waals surface area (Å²) in [6.07, 6.45) is 5.85. The monoisotopic (exact) mass is 1080 g/mol. The molecule has 3 atom stereocenters. The number of carbonyl (C=O) groups is 2. The fraction of sp³-hybridized carbons (Fsp3) is 0.405. The van der Waals surface area contributed by atoms with Crippen molar-refractivity contribution in [2.75, 3.05) is 53.1 Å². The van der Waals surface area contributed by atoms with Crippen LogP contribution in [-0.2, 0) is 25.5 Å². The number of carboxylic acids is 2. The van der Waals surface area contributed by atoms with Crippen molar-refractivity contribution >= 4 is 34.7 Å². The molecule has 1 saturated heterocycles. The van der Waals surface area contributed by atoms with Crippen LogP contribution in [0.2, 0.25) is 0 Å². The summed E-state index contributed by atoms with van der Waals surface area (Å²) < 4.78 is 15.1. The summed E-state index contributed by atoms with van der Waals surface area (Å²) >= 11 is 0. The number of azo groups is 1. The van der Waals surface area contributed by atoms with Gasteiger partial charge in [-0.2, -0.15) is 5.11 Å². The standard InChI is InChI=1S/C17H16N2O6.C13H12N2O2.C6H12O3.2C2H6.2CH4O.H2O.U/c20-14-7-10-6-13(17(24)25)19(12(10)8-15(14)21)4-2-9-1-3-18-11(5-9)16(22)23;1-17-13-9-11(16)7-8-12(13)15-14-10-5-3-2-4-6-10;1-8-6-2-5(7)3-9-4-6;4*1-2;;/h2,4-5,7-8,13,20-21H,1,3,6H2,(H,22,23)(H,24,25);2-9,16H,1H3;5-7H,2-4H2,1H3;2*1-2H3;2*2H,1H3;1H2;/b4-2+;;;;;;;;/t13-;;5-,6+;;;;;;/m0.0....../s1. The Hall–Kier alpha value is -4.84. The van der Waals surface area contributed by atoms with E-state index in [1.54, 1.807) is 31.5 Å². The number of allylic oxidation sites excluding steroid dienone is 1. The third-order valence-electron chi connectivity index (χ3n) is 7.84. The summed E-state index contributed by atoms with van der Waals surface area (Å²) in [5.41, 5.74) is 3.12. The number of carboxylic acid groups (broad SMARTS) is 2. The van der Waals surface area contributed by atoms with E-state index in [-0.39, 0.29) is 78.2 Å². The largest absolute Gasteiger partial charge is 0.508 e. The van der Waals surface area contributed by atoms with E-state index in [0.717, 1.165) is 19.9 Å². The van der Waals surface area contributed by atoms with E-state index in [0.29, 0.717) is 60.9 Å². The number of dihydropyridines is 1. The van der Waals surface area contributed by atoms with Crippen molar-refractivity contribution in [1.29, 1.82) is 0 Å². The Labute approximate surface area is 380 Å². The second-order valence-corrected chi connectivity index (χ2v) is 11.5. The molecule has 10 N–H and O–H groups in total. The van der Waals surface area contributed by atoms with E-state index >= 15 is 0 Å². The summed E-state index contributed by atoms with van der Waals surface area (Å²) in [4.78, 5) is 27.9. The zero-order valence-corrected chi connectivity index (χ0v) is 40.1. The number of benzene rings is 3. The average molecular weight is 1090 g/mol. The molecule has 0 bridgehead atoms. The molecule has 0 radical (unpaired) electrons. The van der Waals surface area contributed by atoms with Gasteiger partial charge in [-0.3, -0.25) is 4.99 Å². The van der Waals surface area contributed by atoms with Gasteiger partial charge >= 0.3 is 11.9 Å². The third-order valence-corrected chi connectivity index (χ3v) is 7.84. The summed E-state index contributed by atoms with van der Waals surface area (Å²) in [5.74, 6) is -2.15. The molecule has 18 nitrogen and oxygen atoms in total. The number of methoxy groups -OCH3 is 2. The number of aliphatic imine (C=N–C) groups is 1. The van der Waals surface area contributed by atoms with E-state index in [9.17, 15) is 30.0 Å². The van der Waals surface area contributed by atoms with Gasteiger partial charge in [-0.1, -0.05) is 45.9 Å². The Morgan fingerprint density at radius 2 is 1.51 bits per heavy atom. The fourth-order valence-electron chi connectivity index (χ4n) is 5.21. The maximum Gasteiger partial charge on any atom is 0.354 e. The zero-order valence-electron chi connectivity index (χ0n) is 35.9. The molecular formula is C42H62N4O14U. The first-order valence-electron chi connectivity index (χ1n) is 18.7. The summed E-state index contributed by atoms with van der Waals surface area (Å²) in [6, 6.07) is 15.9. The van der Waals surface area contributed by atoms with Crippen molar-refractivity contribution in [3.8, 4) is 23.0 Å². The number of fused-ring (bicyclic) bond motifs is 1. The number of anilines is 1. The Kier molecular flexibility index (Phi) is 34.5. The first-order valence-corrected chi connectivity index (χ1v) is 18.7. The average Bonchev–Trinajstić information content (AvgIpc) is 3.63. The van der Waals surface area contributed by atoms with Gasteiger partial charge < -0.3 is 65.4 Å². The first kappa shape index (κ1) is 60.5. The molecule has 61 heavy (non-hydrogen) atoms. The molecule has 0 amide bonds. The van der Waals surface area contributed by atoms with E-state index in [1.165, 1.54) is 36.3 Å². The smallest absolute Gasteiger partial charge is 0.354 e. The van der Waals surface area contributed by atoms with Gasteiger partial charge in [0, 0.05) is 95.8 Å². The summed E-state index contributed by atoms with van der Waals surface area (Å²) in [6.45, 7) is 9.43. The third kappa shape index (κ3) is 21.0. The second kappa shape index (κ2) is 34.8. The quantitative estimate of drug-likeness (QED) is 0.105. The molecule has 19 heteroatoms. The number of nitrogens with zero attached hydrogens (tertiary/aromatic N) is 4. The van der Waals surface area contributed by atoms with Crippen LogP contribution >= 0.6 is 0 Å². The molecule has 3 aromatic rings. The van der Waals surface area contributed by atoms with Crippen molar-refractivity contribution in [2.24, 2.45) is 15.2 Å². The van der Waals surface area contributed by atoms with Crippen LogP contribution in [-0.4, -0.2) is 130 Å². The van der Waals surface area contributed by atoms with Crippen LogP contribution in [0.4, 0.5) is 17.1 Å². The molecule has 6 rings (SSSR count). The number of rotatable bonds is 8. The number of aliphatic hydroxyl groups excluding tert-OH is 3. The number of aliphatic carboxylic acids is 2. The summed E-state index contributed by atoms with van der Waals surface area (Å²) in [5, 5.41) is 78.2. The van der Waals surface area contributed by atoms with Gasteiger partial charge in [-0.05, 0) is 60.0 Å². The Morgan fingerprint density at radius 3 is 2.05 bits per heavy atom. The van der Waals surface area contributed by atoms with E-state index in [2.05, 4.69) is 15.2 Å². The number of phenolic OH excluding ortho intramolecular Hbond substituents is 3. The van der Waals surface area contributed by atoms with Gasteiger partial charge in [0.1, 0.15) is 28.9 Å². The SMILES string of the molecule is CC.CC.CO.CO.CO[C@H]1COC[C@@H](O)C1.COc1cc(O)ccc1N=Nc1ccccc1.O.O=C(O)C1=NCCC(/C=C/N2c3cc(O)c(O)cc3C[C@H]2C(=O)O)=C1.[U]. The Morgan fingerprint density at radius 1 is 0.885 bits per heavy atom. The van der Waals surface area contributed by atoms with E-state index in [4.69, 9.17) is 34.6 Å². The number of ether oxygens (including phenoxy) is 3. The molecule has 3 aromatic carbocycles. The van der Waals surface area contributed by atoms with Crippen molar-refractivity contribution < 1.29 is 101 Å². The maximum absolute atomic E-state index is 11.5. The van der Waals surface area contributed by atoms with Gasteiger partial charge in [0.25, 0.3) is 0 Å². The molecule has 0 unspecified atom stereocenters. The minimum Gasteiger partial charge on any atom is -0.508 e. The van der Waals surface area contributed by atoms with Gasteiger partial charge in [-0.25, -0.2) is 9.59 Å². The number of hydrogen-bond donors (Lipinski definition) is 8. The van der Waals surface area contributed by atoms with Crippen molar-refractivity contribution in [3.05, 3.63) is 90.2 Å². The maximum atomic E-state index is 11.5. The van der Waals surface area contributed by atoms with Crippen LogP contribution in [0.5, 0.6) is 23.0 Å². The van der Waals surface area contributed by atoms with Crippen molar-refractivity contribution in [1.82, 2.24) is 0 Å². The molecule has 1 fully saturated rings. The molecule has 0 saturated carbocycles. The molecule has 0 spiro atoms. The van der Waals surface area contributed by atoms with Crippen LogP contribution in [0, 0.1) is 31.1 Å². The van der Waals surface area contributed by atoms with Crippen molar-refractivity contribution in [3.63, 3.8) is 0 Å². The minimum atomic E-state index is -1.11. The van der Waals surface area contributed by atoms with Crippen LogP contribution < -0.4 is 9.64 Å². The first-order chi connectivity index (χ1) is 28.5. The second-order valence-electron chi connectivity index (χ2n) is 11.5. The predicted octanol–water partition coefficient (Wildman–Crippen LogP) is 5.33. The van der Waals surface area contributed by atoms with Gasteiger partial charge in [0.15, 0.2) is 11.5 Å². The molecule has 3 aliphatic heterocycles. The number of aromatic hydroxyl groups is 3. The predicted molar refractivity (Wildman–Crippen MR) is 229 cm³/mol. The summed E-state index contributed by atoms with van der Waals surface area (Å²) in [7, 11) is 5.16. The number of aliphatic hydroxyl groups is 3. The number of hydrogen-bond acceptors (Lipinski definition) is 15. The fourth-order valence-corrected chi connectivity index (χ4v) is 5.21. The minimum absolute atomic E-state index is 0. The molecule has 3 aliphatic rings. The number of phenols is 3.